The first-order chi connectivity index (χ1) is 9.84. The molecule has 118 valence electrons. The van der Waals surface area contributed by atoms with Gasteiger partial charge < -0.3 is 10.2 Å². The molecule has 0 heterocycles. The highest BCUT2D eigenvalue weighted by Gasteiger charge is 2.42. The molecule has 1 aliphatic rings. The van der Waals surface area contributed by atoms with E-state index < -0.39 is 12.1 Å². The van der Waals surface area contributed by atoms with E-state index in [1.54, 1.807) is 0 Å². The summed E-state index contributed by atoms with van der Waals surface area (Å²) in [6.45, 7) is 0.825. The molecular formula is C16H23F3N2. The smallest absolute Gasteiger partial charge is 0.382 e. The van der Waals surface area contributed by atoms with Crippen LogP contribution < -0.4 is 5.32 Å². The Morgan fingerprint density at radius 2 is 2.00 bits per heavy atom. The Bertz CT molecular complexity index is 457. The number of hydrogen-bond acceptors (Lipinski definition) is 2. The highest BCUT2D eigenvalue weighted by atomic mass is 19.4. The van der Waals surface area contributed by atoms with Crippen LogP contribution in [0.2, 0.25) is 0 Å². The lowest BCUT2D eigenvalue weighted by Crippen LogP contribution is -2.34. The second-order valence-corrected chi connectivity index (χ2v) is 6.18. The first-order valence-electron chi connectivity index (χ1n) is 7.41. The summed E-state index contributed by atoms with van der Waals surface area (Å²) in [5, 5.41) is 3.28. The van der Waals surface area contributed by atoms with Gasteiger partial charge in [-0.05, 0) is 51.1 Å². The minimum Gasteiger partial charge on any atom is -0.382 e. The van der Waals surface area contributed by atoms with Crippen LogP contribution in [0.3, 0.4) is 0 Å². The van der Waals surface area contributed by atoms with Crippen molar-refractivity contribution in [1.82, 2.24) is 4.90 Å². The summed E-state index contributed by atoms with van der Waals surface area (Å²) in [6.07, 6.45) is -2.17. The average molecular weight is 300 g/mol. The van der Waals surface area contributed by atoms with Crippen molar-refractivity contribution in [3.63, 3.8) is 0 Å². The summed E-state index contributed by atoms with van der Waals surface area (Å²) in [4.78, 5) is 2.07. The molecule has 21 heavy (non-hydrogen) atoms. The van der Waals surface area contributed by atoms with Crippen LogP contribution in [-0.4, -0.2) is 31.2 Å². The minimum absolute atomic E-state index is 0.0834. The third kappa shape index (κ3) is 4.92. The van der Waals surface area contributed by atoms with Gasteiger partial charge in [-0.1, -0.05) is 18.6 Å². The van der Waals surface area contributed by atoms with Crippen LogP contribution in [0.5, 0.6) is 0 Å². The zero-order valence-electron chi connectivity index (χ0n) is 12.6. The molecule has 5 heteroatoms. The van der Waals surface area contributed by atoms with E-state index in [2.05, 4.69) is 10.2 Å². The number of anilines is 1. The first kappa shape index (κ1) is 16.1. The second kappa shape index (κ2) is 6.69. The number of alkyl halides is 3. The zero-order chi connectivity index (χ0) is 15.5. The summed E-state index contributed by atoms with van der Waals surface area (Å²) >= 11 is 0. The maximum atomic E-state index is 12.8. The fraction of sp³-hybridized carbons (Fsp3) is 0.625. The molecule has 2 unspecified atom stereocenters. The number of nitrogens with zero attached hydrogens (tertiary/aromatic N) is 1. The fourth-order valence-corrected chi connectivity index (χ4v) is 2.98. The third-order valence-electron chi connectivity index (χ3n) is 3.93. The van der Waals surface area contributed by atoms with Crippen molar-refractivity contribution >= 4 is 5.69 Å². The molecular weight excluding hydrogens is 277 g/mol. The number of nitrogens with one attached hydrogen (secondary N) is 1. The van der Waals surface area contributed by atoms with Gasteiger partial charge in [-0.3, -0.25) is 0 Å². The molecule has 1 aromatic carbocycles. The van der Waals surface area contributed by atoms with E-state index in [-0.39, 0.29) is 18.9 Å². The van der Waals surface area contributed by atoms with Crippen LogP contribution >= 0.6 is 0 Å². The summed E-state index contributed by atoms with van der Waals surface area (Å²) < 4.78 is 38.5. The lowest BCUT2D eigenvalue weighted by atomic mass is 9.85. The predicted octanol–water partition coefficient (Wildman–Crippen LogP) is 4.28. The predicted molar refractivity (Wildman–Crippen MR) is 79.3 cm³/mol. The Hall–Kier alpha value is -1.23. The summed E-state index contributed by atoms with van der Waals surface area (Å²) in [5.41, 5.74) is 2.08. The van der Waals surface area contributed by atoms with E-state index in [1.807, 2.05) is 38.4 Å². The summed E-state index contributed by atoms with van der Waals surface area (Å²) in [7, 11) is 3.99. The Labute approximate surface area is 124 Å². The quantitative estimate of drug-likeness (QED) is 0.893. The number of benzene rings is 1. The third-order valence-corrected chi connectivity index (χ3v) is 3.93. The van der Waals surface area contributed by atoms with Gasteiger partial charge in [0.15, 0.2) is 0 Å². The van der Waals surface area contributed by atoms with E-state index in [4.69, 9.17) is 0 Å². The van der Waals surface area contributed by atoms with Crippen molar-refractivity contribution in [3.05, 3.63) is 29.8 Å². The number of hydrogen-bond donors (Lipinski definition) is 1. The van der Waals surface area contributed by atoms with E-state index in [0.29, 0.717) is 6.42 Å². The van der Waals surface area contributed by atoms with Crippen LogP contribution in [0, 0.1) is 5.92 Å². The molecule has 1 fully saturated rings. The molecule has 1 aliphatic carbocycles. The lowest BCUT2D eigenvalue weighted by molar-refractivity contribution is -0.182. The molecule has 0 spiro atoms. The first-order valence-corrected chi connectivity index (χ1v) is 7.41. The molecule has 0 aromatic heterocycles. The van der Waals surface area contributed by atoms with Gasteiger partial charge in [0.2, 0.25) is 0 Å². The Morgan fingerprint density at radius 3 is 2.67 bits per heavy atom. The van der Waals surface area contributed by atoms with E-state index in [9.17, 15) is 13.2 Å². The molecule has 0 saturated heterocycles. The van der Waals surface area contributed by atoms with Gasteiger partial charge in [0, 0.05) is 18.3 Å². The maximum absolute atomic E-state index is 12.8. The summed E-state index contributed by atoms with van der Waals surface area (Å²) in [6, 6.07) is 7.85. The molecule has 2 nitrogen and oxygen atoms in total. The van der Waals surface area contributed by atoms with Crippen LogP contribution in [0.1, 0.15) is 31.2 Å². The average Bonchev–Trinajstić information content (AvgIpc) is 2.37. The summed E-state index contributed by atoms with van der Waals surface area (Å²) in [5.74, 6) is -1.16. The molecule has 0 bridgehead atoms. The van der Waals surface area contributed by atoms with Crippen molar-refractivity contribution in [2.45, 2.75) is 44.4 Å². The van der Waals surface area contributed by atoms with Crippen molar-refractivity contribution < 1.29 is 13.2 Å². The molecule has 2 atom stereocenters. The van der Waals surface area contributed by atoms with Crippen LogP contribution in [0.15, 0.2) is 24.3 Å². The van der Waals surface area contributed by atoms with Crippen molar-refractivity contribution in [2.75, 3.05) is 19.4 Å². The molecule has 1 aromatic rings. The van der Waals surface area contributed by atoms with E-state index in [1.165, 1.54) is 0 Å². The van der Waals surface area contributed by atoms with Crippen molar-refractivity contribution in [2.24, 2.45) is 5.92 Å². The number of rotatable bonds is 4. The van der Waals surface area contributed by atoms with Crippen molar-refractivity contribution in [3.8, 4) is 0 Å². The van der Waals surface area contributed by atoms with Crippen LogP contribution in [0.4, 0.5) is 18.9 Å². The van der Waals surface area contributed by atoms with E-state index in [0.717, 1.165) is 24.2 Å². The largest absolute Gasteiger partial charge is 0.391 e. The maximum Gasteiger partial charge on any atom is 0.391 e. The van der Waals surface area contributed by atoms with Gasteiger partial charge >= 0.3 is 6.18 Å². The highest BCUT2D eigenvalue weighted by Crippen LogP contribution is 2.38. The molecule has 1 saturated carbocycles. The normalized spacial score (nSPS) is 23.3. The van der Waals surface area contributed by atoms with Gasteiger partial charge in [0.25, 0.3) is 0 Å². The lowest BCUT2D eigenvalue weighted by Gasteiger charge is -2.31. The molecule has 0 radical (unpaired) electrons. The molecule has 2 rings (SSSR count). The van der Waals surface area contributed by atoms with E-state index >= 15 is 0 Å². The highest BCUT2D eigenvalue weighted by molar-refractivity contribution is 5.46. The fourth-order valence-electron chi connectivity index (χ4n) is 2.98. The Kier molecular flexibility index (Phi) is 5.14. The minimum atomic E-state index is -4.06. The van der Waals surface area contributed by atoms with Crippen LogP contribution in [0.25, 0.3) is 0 Å². The van der Waals surface area contributed by atoms with Gasteiger partial charge in [-0.15, -0.1) is 0 Å². The molecule has 0 amide bonds. The zero-order valence-corrected chi connectivity index (χ0v) is 12.6. The van der Waals surface area contributed by atoms with Crippen LogP contribution in [-0.2, 0) is 6.54 Å². The standard InChI is InChI=1S/C16H23F3N2/c1-21(2)11-12-5-3-7-14(9-12)20-15-8-4-6-13(10-15)16(17,18)19/h3,5,7,9,13,15,20H,4,6,8,10-11H2,1-2H3. The molecule has 1 N–H and O–H groups in total. The van der Waals surface area contributed by atoms with Gasteiger partial charge in [-0.2, -0.15) is 13.2 Å². The van der Waals surface area contributed by atoms with Gasteiger partial charge in [-0.25, -0.2) is 0 Å². The Morgan fingerprint density at radius 1 is 1.24 bits per heavy atom. The second-order valence-electron chi connectivity index (χ2n) is 6.18. The molecule has 0 aliphatic heterocycles. The Balaban J connectivity index is 1.98. The topological polar surface area (TPSA) is 15.3 Å². The number of halogens is 3. The van der Waals surface area contributed by atoms with Crippen molar-refractivity contribution in [1.29, 1.82) is 0 Å². The van der Waals surface area contributed by atoms with Gasteiger partial charge in [0.05, 0.1) is 5.92 Å². The SMILES string of the molecule is CN(C)Cc1cccc(NC2CCCC(C(F)(F)F)C2)c1. The monoisotopic (exact) mass is 300 g/mol. The van der Waals surface area contributed by atoms with Gasteiger partial charge in [0.1, 0.15) is 0 Å².